The molecule has 0 aliphatic carbocycles. The highest BCUT2D eigenvalue weighted by molar-refractivity contribution is 6.08. The van der Waals surface area contributed by atoms with Gasteiger partial charge < -0.3 is 19.9 Å². The van der Waals surface area contributed by atoms with Gasteiger partial charge in [-0.25, -0.2) is 4.98 Å². The third-order valence-corrected chi connectivity index (χ3v) is 4.14. The normalized spacial score (nSPS) is 10.8. The predicted octanol–water partition coefficient (Wildman–Crippen LogP) is 3.08. The summed E-state index contributed by atoms with van der Waals surface area (Å²) in [6, 6.07) is 10.4. The molecule has 8 heteroatoms. The molecule has 0 radical (unpaired) electrons. The van der Waals surface area contributed by atoms with Crippen molar-refractivity contribution in [1.29, 1.82) is 0 Å². The molecule has 3 aromatic rings. The van der Waals surface area contributed by atoms with E-state index in [2.05, 4.69) is 15.3 Å². The van der Waals surface area contributed by atoms with E-state index in [0.717, 1.165) is 11.3 Å². The maximum atomic E-state index is 12.5. The van der Waals surface area contributed by atoms with Gasteiger partial charge in [-0.05, 0) is 57.2 Å². The number of aromatic nitrogens is 2. The fraction of sp³-hybridized carbons (Fsp3) is 0.273. The van der Waals surface area contributed by atoms with E-state index in [4.69, 9.17) is 9.47 Å². The molecule has 0 atom stereocenters. The molecular weight excluding hydrogens is 386 g/mol. The molecule has 0 fully saturated rings. The fourth-order valence-corrected chi connectivity index (χ4v) is 2.87. The Labute approximate surface area is 173 Å². The Morgan fingerprint density at radius 1 is 1.13 bits per heavy atom. The molecule has 3 rings (SSSR count). The van der Waals surface area contributed by atoms with Crippen molar-refractivity contribution in [1.82, 2.24) is 15.3 Å². The van der Waals surface area contributed by atoms with Crippen molar-refractivity contribution in [3.05, 3.63) is 48.2 Å². The molecule has 0 saturated carbocycles. The monoisotopic (exact) mass is 409 g/mol. The van der Waals surface area contributed by atoms with E-state index in [1.54, 1.807) is 13.0 Å². The summed E-state index contributed by atoms with van der Waals surface area (Å²) in [6.07, 6.45) is 1.61. The van der Waals surface area contributed by atoms with Crippen molar-refractivity contribution < 1.29 is 24.2 Å². The van der Waals surface area contributed by atoms with E-state index in [0.29, 0.717) is 11.2 Å². The average molecular weight is 409 g/mol. The Balaban J connectivity index is 1.88. The summed E-state index contributed by atoms with van der Waals surface area (Å²) in [5.41, 5.74) is 2.08. The summed E-state index contributed by atoms with van der Waals surface area (Å²) >= 11 is 0. The number of benzene rings is 2. The molecular formula is C22H23N3O5. The van der Waals surface area contributed by atoms with Gasteiger partial charge in [0, 0.05) is 5.56 Å². The molecule has 0 spiro atoms. The molecule has 1 amide bonds. The van der Waals surface area contributed by atoms with Crippen molar-refractivity contribution in [3.63, 3.8) is 0 Å². The highest BCUT2D eigenvalue weighted by Crippen LogP contribution is 2.27. The second-order valence-corrected chi connectivity index (χ2v) is 6.76. The molecule has 30 heavy (non-hydrogen) atoms. The van der Waals surface area contributed by atoms with E-state index in [1.165, 1.54) is 12.3 Å². The van der Waals surface area contributed by atoms with Crippen LogP contribution in [0.4, 0.5) is 0 Å². The molecule has 0 aliphatic heterocycles. The van der Waals surface area contributed by atoms with Crippen LogP contribution in [-0.4, -0.2) is 46.2 Å². The molecule has 0 bridgehead atoms. The molecule has 2 N–H and O–H groups in total. The minimum absolute atomic E-state index is 0.0449. The van der Waals surface area contributed by atoms with Gasteiger partial charge in [0.1, 0.15) is 29.1 Å². The van der Waals surface area contributed by atoms with E-state index >= 15 is 0 Å². The van der Waals surface area contributed by atoms with Crippen molar-refractivity contribution in [2.45, 2.75) is 26.9 Å². The van der Waals surface area contributed by atoms with Gasteiger partial charge in [0.15, 0.2) is 0 Å². The van der Waals surface area contributed by atoms with Crippen LogP contribution in [0.3, 0.4) is 0 Å². The zero-order chi connectivity index (χ0) is 21.7. The summed E-state index contributed by atoms with van der Waals surface area (Å²) in [7, 11) is 0. The van der Waals surface area contributed by atoms with Gasteiger partial charge in [-0.2, -0.15) is 0 Å². The molecule has 8 nitrogen and oxygen atoms in total. The number of phenolic OH excluding ortho intramolecular Hbond substituents is 1. The topological polar surface area (TPSA) is 111 Å². The van der Waals surface area contributed by atoms with Crippen LogP contribution < -0.4 is 10.1 Å². The first-order valence-corrected chi connectivity index (χ1v) is 9.58. The first-order valence-electron chi connectivity index (χ1n) is 9.58. The van der Waals surface area contributed by atoms with Crippen LogP contribution in [-0.2, 0) is 9.53 Å². The highest BCUT2D eigenvalue weighted by atomic mass is 16.5. The molecule has 1 heterocycles. The van der Waals surface area contributed by atoms with Crippen LogP contribution in [0, 0.1) is 0 Å². The Morgan fingerprint density at radius 2 is 1.87 bits per heavy atom. The van der Waals surface area contributed by atoms with Crippen LogP contribution in [0.5, 0.6) is 11.5 Å². The zero-order valence-corrected chi connectivity index (χ0v) is 17.0. The summed E-state index contributed by atoms with van der Waals surface area (Å²) in [6.45, 7) is 5.50. The maximum absolute atomic E-state index is 12.5. The summed E-state index contributed by atoms with van der Waals surface area (Å²) < 4.78 is 10.4. The zero-order valence-electron chi connectivity index (χ0n) is 17.0. The third-order valence-electron chi connectivity index (χ3n) is 4.14. The lowest BCUT2D eigenvalue weighted by molar-refractivity contribution is -0.141. The van der Waals surface area contributed by atoms with Gasteiger partial charge in [0.05, 0.1) is 30.1 Å². The van der Waals surface area contributed by atoms with Gasteiger partial charge in [-0.3, -0.25) is 14.6 Å². The number of carbonyl (C=O) groups excluding carboxylic acids is 2. The number of fused-ring (bicyclic) bond motifs is 1. The third kappa shape index (κ3) is 4.83. The Hall–Kier alpha value is -3.68. The molecule has 2 aromatic carbocycles. The van der Waals surface area contributed by atoms with E-state index in [9.17, 15) is 14.7 Å². The maximum Gasteiger partial charge on any atom is 0.325 e. The minimum atomic E-state index is -0.636. The number of phenols is 1. The Kier molecular flexibility index (Phi) is 6.46. The van der Waals surface area contributed by atoms with Crippen LogP contribution in [0.1, 0.15) is 31.1 Å². The standard InChI is InChI=1S/C22H23N3O5/c1-4-29-19(27)12-24-22(28)20-18(26)10-9-16-21(20)23-11-17(25-16)14-5-7-15(8-6-14)30-13(2)3/h5-11,13,26H,4,12H2,1-3H3,(H,24,28). The number of hydrogen-bond donors (Lipinski definition) is 2. The number of rotatable bonds is 7. The number of ether oxygens (including phenoxy) is 2. The first kappa shape index (κ1) is 21.0. The lowest BCUT2D eigenvalue weighted by Gasteiger charge is -2.11. The SMILES string of the molecule is CCOC(=O)CNC(=O)c1c(O)ccc2nc(-c3ccc(OC(C)C)cc3)cnc12. The Bertz CT molecular complexity index is 1060. The van der Waals surface area contributed by atoms with Crippen LogP contribution in [0.15, 0.2) is 42.6 Å². The quantitative estimate of drug-likeness (QED) is 0.577. The molecule has 0 saturated heterocycles. The largest absolute Gasteiger partial charge is 0.507 e. The van der Waals surface area contributed by atoms with Gasteiger partial charge in [-0.1, -0.05) is 0 Å². The number of aromatic hydroxyl groups is 1. The smallest absolute Gasteiger partial charge is 0.325 e. The summed E-state index contributed by atoms with van der Waals surface area (Å²) in [4.78, 5) is 32.9. The summed E-state index contributed by atoms with van der Waals surface area (Å²) in [5, 5.41) is 12.6. The number of amides is 1. The van der Waals surface area contributed by atoms with Crippen LogP contribution >= 0.6 is 0 Å². The molecule has 156 valence electrons. The number of carbonyl (C=O) groups is 2. The average Bonchev–Trinajstić information content (AvgIpc) is 2.72. The lowest BCUT2D eigenvalue weighted by Crippen LogP contribution is -2.31. The van der Waals surface area contributed by atoms with E-state index in [-0.39, 0.29) is 36.1 Å². The fourth-order valence-electron chi connectivity index (χ4n) is 2.87. The summed E-state index contributed by atoms with van der Waals surface area (Å²) in [5.74, 6) is -0.693. The first-order chi connectivity index (χ1) is 14.4. The van der Waals surface area contributed by atoms with Gasteiger partial charge in [0.25, 0.3) is 5.91 Å². The number of esters is 1. The molecule has 1 aromatic heterocycles. The number of nitrogens with one attached hydrogen (secondary N) is 1. The molecule has 0 unspecified atom stereocenters. The number of nitrogens with zero attached hydrogens (tertiary/aromatic N) is 2. The highest BCUT2D eigenvalue weighted by Gasteiger charge is 2.19. The van der Waals surface area contributed by atoms with Gasteiger partial charge >= 0.3 is 5.97 Å². The second kappa shape index (κ2) is 9.21. The van der Waals surface area contributed by atoms with Crippen molar-refractivity contribution in [3.8, 4) is 22.8 Å². The van der Waals surface area contributed by atoms with Crippen molar-refractivity contribution in [2.24, 2.45) is 0 Å². The van der Waals surface area contributed by atoms with E-state index < -0.39 is 11.9 Å². The minimum Gasteiger partial charge on any atom is -0.507 e. The van der Waals surface area contributed by atoms with Crippen molar-refractivity contribution in [2.75, 3.05) is 13.2 Å². The van der Waals surface area contributed by atoms with Crippen LogP contribution in [0.25, 0.3) is 22.3 Å². The Morgan fingerprint density at radius 3 is 2.53 bits per heavy atom. The second-order valence-electron chi connectivity index (χ2n) is 6.76. The molecule has 0 aliphatic rings. The van der Waals surface area contributed by atoms with Gasteiger partial charge in [0.2, 0.25) is 0 Å². The van der Waals surface area contributed by atoms with E-state index in [1.807, 2.05) is 38.1 Å². The number of hydrogen-bond acceptors (Lipinski definition) is 7. The van der Waals surface area contributed by atoms with Crippen molar-refractivity contribution >= 4 is 22.9 Å². The predicted molar refractivity (Wildman–Crippen MR) is 111 cm³/mol. The lowest BCUT2D eigenvalue weighted by atomic mass is 10.1. The van der Waals surface area contributed by atoms with Gasteiger partial charge in [-0.15, -0.1) is 0 Å². The van der Waals surface area contributed by atoms with Crippen LogP contribution in [0.2, 0.25) is 0 Å².